The van der Waals surface area contributed by atoms with Crippen LogP contribution in [0, 0.1) is 15.5 Å². The van der Waals surface area contributed by atoms with Gasteiger partial charge in [-0.2, -0.15) is 0 Å². The van der Waals surface area contributed by atoms with Crippen LogP contribution in [0.4, 0.5) is 0 Å². The molecule has 1 fully saturated rings. The SMILES string of the molecule is CCOC(OC)C1(/C=C/[N+](=O)[O-])CC1. The van der Waals surface area contributed by atoms with Gasteiger partial charge in [-0.05, 0) is 25.8 Å². The van der Waals surface area contributed by atoms with Crippen molar-refractivity contribution in [1.82, 2.24) is 0 Å². The Labute approximate surface area is 82.8 Å². The first kappa shape index (κ1) is 11.1. The average molecular weight is 201 g/mol. The number of hydrogen-bond acceptors (Lipinski definition) is 4. The monoisotopic (exact) mass is 201 g/mol. The standard InChI is InChI=1S/C9H15NO4/c1-3-14-8(13-2)9(4-5-9)6-7-10(11)12/h6-8H,3-5H2,1-2H3/b7-6+. The van der Waals surface area contributed by atoms with Crippen molar-refractivity contribution in [3.05, 3.63) is 22.4 Å². The molecule has 5 heteroatoms. The predicted molar refractivity (Wildman–Crippen MR) is 50.2 cm³/mol. The highest BCUT2D eigenvalue weighted by Gasteiger charge is 2.49. The van der Waals surface area contributed by atoms with Crippen LogP contribution in [-0.2, 0) is 9.47 Å². The lowest BCUT2D eigenvalue weighted by atomic mass is 10.1. The Morgan fingerprint density at radius 3 is 2.64 bits per heavy atom. The Bertz CT molecular complexity index is 235. The van der Waals surface area contributed by atoms with E-state index in [1.165, 1.54) is 0 Å². The zero-order chi connectivity index (χ0) is 10.6. The van der Waals surface area contributed by atoms with Crippen LogP contribution in [-0.4, -0.2) is 24.9 Å². The van der Waals surface area contributed by atoms with E-state index in [9.17, 15) is 10.1 Å². The van der Waals surface area contributed by atoms with E-state index in [4.69, 9.17) is 9.47 Å². The van der Waals surface area contributed by atoms with E-state index in [1.54, 1.807) is 13.2 Å². The summed E-state index contributed by atoms with van der Waals surface area (Å²) in [5.41, 5.74) is -0.266. The van der Waals surface area contributed by atoms with E-state index in [0.717, 1.165) is 19.0 Å². The van der Waals surface area contributed by atoms with Gasteiger partial charge in [0.05, 0.1) is 4.92 Å². The molecule has 0 aromatic rings. The summed E-state index contributed by atoms with van der Waals surface area (Å²) in [5, 5.41) is 10.2. The van der Waals surface area contributed by atoms with Gasteiger partial charge in [-0.3, -0.25) is 10.1 Å². The van der Waals surface area contributed by atoms with Crippen molar-refractivity contribution in [3.63, 3.8) is 0 Å². The first-order valence-electron chi connectivity index (χ1n) is 4.62. The van der Waals surface area contributed by atoms with Gasteiger partial charge in [0.2, 0.25) is 6.20 Å². The summed E-state index contributed by atoms with van der Waals surface area (Å²) in [6.07, 6.45) is 3.96. The highest BCUT2D eigenvalue weighted by Crippen LogP contribution is 2.51. The van der Waals surface area contributed by atoms with Gasteiger partial charge in [0.1, 0.15) is 0 Å². The summed E-state index contributed by atoms with van der Waals surface area (Å²) >= 11 is 0. The van der Waals surface area contributed by atoms with E-state index < -0.39 is 4.92 Å². The molecule has 1 unspecified atom stereocenters. The van der Waals surface area contributed by atoms with Crippen LogP contribution in [0.15, 0.2) is 12.3 Å². The molecule has 5 nitrogen and oxygen atoms in total. The van der Waals surface area contributed by atoms with Crippen molar-refractivity contribution in [2.45, 2.75) is 26.1 Å². The summed E-state index contributed by atoms with van der Waals surface area (Å²) in [4.78, 5) is 9.72. The molecule has 0 radical (unpaired) electrons. The van der Waals surface area contributed by atoms with E-state index in [2.05, 4.69) is 0 Å². The van der Waals surface area contributed by atoms with Gasteiger partial charge < -0.3 is 9.47 Å². The number of methoxy groups -OCH3 is 1. The Balaban J connectivity index is 2.59. The van der Waals surface area contributed by atoms with E-state index in [1.807, 2.05) is 6.92 Å². The van der Waals surface area contributed by atoms with Crippen LogP contribution < -0.4 is 0 Å². The van der Waals surface area contributed by atoms with Gasteiger partial charge in [-0.15, -0.1) is 0 Å². The molecule has 1 atom stereocenters. The summed E-state index contributed by atoms with van der Waals surface area (Å²) in [5.74, 6) is 0. The minimum Gasteiger partial charge on any atom is -0.355 e. The summed E-state index contributed by atoms with van der Waals surface area (Å²) in [6, 6.07) is 0. The fraction of sp³-hybridized carbons (Fsp3) is 0.778. The molecule has 0 N–H and O–H groups in total. The topological polar surface area (TPSA) is 61.6 Å². The maximum atomic E-state index is 10.2. The maximum Gasteiger partial charge on any atom is 0.231 e. The smallest absolute Gasteiger partial charge is 0.231 e. The number of nitrogens with zero attached hydrogens (tertiary/aromatic N) is 1. The van der Waals surface area contributed by atoms with E-state index in [-0.39, 0.29) is 11.7 Å². The molecule has 0 bridgehead atoms. The summed E-state index contributed by atoms with van der Waals surface area (Å²) in [6.45, 7) is 2.42. The summed E-state index contributed by atoms with van der Waals surface area (Å²) < 4.78 is 10.5. The second-order valence-corrected chi connectivity index (χ2v) is 3.36. The van der Waals surface area contributed by atoms with Gasteiger partial charge in [-0.1, -0.05) is 0 Å². The second-order valence-electron chi connectivity index (χ2n) is 3.36. The van der Waals surface area contributed by atoms with Crippen LogP contribution in [0.2, 0.25) is 0 Å². The molecule has 0 aliphatic heterocycles. The van der Waals surface area contributed by atoms with Crippen LogP contribution in [0.3, 0.4) is 0 Å². The lowest BCUT2D eigenvalue weighted by Crippen LogP contribution is -2.26. The predicted octanol–water partition coefficient (Wildman–Crippen LogP) is 1.57. The molecule has 0 spiro atoms. The first-order valence-corrected chi connectivity index (χ1v) is 4.62. The van der Waals surface area contributed by atoms with Crippen molar-refractivity contribution in [1.29, 1.82) is 0 Å². The molecule has 0 aromatic carbocycles. The molecule has 1 aliphatic rings. The molecule has 14 heavy (non-hydrogen) atoms. The maximum absolute atomic E-state index is 10.2. The molecule has 80 valence electrons. The highest BCUT2D eigenvalue weighted by molar-refractivity contribution is 5.09. The largest absolute Gasteiger partial charge is 0.355 e. The average Bonchev–Trinajstić information content (AvgIpc) is 2.92. The lowest BCUT2D eigenvalue weighted by Gasteiger charge is -2.21. The third-order valence-electron chi connectivity index (χ3n) is 2.36. The molecule has 1 saturated carbocycles. The summed E-state index contributed by atoms with van der Waals surface area (Å²) in [7, 11) is 1.56. The van der Waals surface area contributed by atoms with Crippen molar-refractivity contribution in [3.8, 4) is 0 Å². The molecule has 0 saturated heterocycles. The third kappa shape index (κ3) is 2.52. The zero-order valence-electron chi connectivity index (χ0n) is 8.43. The highest BCUT2D eigenvalue weighted by atomic mass is 16.7. The minimum atomic E-state index is -0.460. The van der Waals surface area contributed by atoms with Crippen LogP contribution >= 0.6 is 0 Å². The van der Waals surface area contributed by atoms with E-state index in [0.29, 0.717) is 6.61 Å². The zero-order valence-corrected chi connectivity index (χ0v) is 8.43. The van der Waals surface area contributed by atoms with Crippen molar-refractivity contribution in [2.75, 3.05) is 13.7 Å². The molecular formula is C9H15NO4. The Morgan fingerprint density at radius 2 is 2.29 bits per heavy atom. The molecule has 0 heterocycles. The third-order valence-corrected chi connectivity index (χ3v) is 2.36. The Kier molecular flexibility index (Phi) is 3.60. The van der Waals surface area contributed by atoms with Gasteiger partial charge >= 0.3 is 0 Å². The van der Waals surface area contributed by atoms with Gasteiger partial charge in [0.25, 0.3) is 0 Å². The molecule has 0 amide bonds. The number of rotatable bonds is 6. The Morgan fingerprint density at radius 1 is 1.64 bits per heavy atom. The number of ether oxygens (including phenoxy) is 2. The quantitative estimate of drug-likeness (QED) is 0.371. The van der Waals surface area contributed by atoms with Crippen molar-refractivity contribution >= 4 is 0 Å². The second kappa shape index (κ2) is 4.52. The van der Waals surface area contributed by atoms with Crippen molar-refractivity contribution in [2.24, 2.45) is 5.41 Å². The van der Waals surface area contributed by atoms with Gasteiger partial charge in [-0.25, -0.2) is 0 Å². The fourth-order valence-electron chi connectivity index (χ4n) is 1.45. The molecule has 0 aromatic heterocycles. The molecule has 1 rings (SSSR count). The van der Waals surface area contributed by atoms with Crippen LogP contribution in [0.5, 0.6) is 0 Å². The van der Waals surface area contributed by atoms with E-state index >= 15 is 0 Å². The van der Waals surface area contributed by atoms with Gasteiger partial charge in [0, 0.05) is 19.1 Å². The fourth-order valence-corrected chi connectivity index (χ4v) is 1.45. The van der Waals surface area contributed by atoms with Crippen LogP contribution in [0.25, 0.3) is 0 Å². The number of nitro groups is 1. The van der Waals surface area contributed by atoms with Crippen LogP contribution in [0.1, 0.15) is 19.8 Å². The minimum absolute atomic E-state index is 0.266. The Hall–Kier alpha value is -0.940. The van der Waals surface area contributed by atoms with Crippen molar-refractivity contribution < 1.29 is 14.4 Å². The molecular weight excluding hydrogens is 186 g/mol. The molecule has 1 aliphatic carbocycles. The van der Waals surface area contributed by atoms with Gasteiger partial charge in [0.15, 0.2) is 6.29 Å². The normalized spacial score (nSPS) is 21.0. The first-order chi connectivity index (χ1) is 6.64. The number of hydrogen-bond donors (Lipinski definition) is 0. The lowest BCUT2D eigenvalue weighted by molar-refractivity contribution is -0.403.